The highest BCUT2D eigenvalue weighted by Crippen LogP contribution is 2.17. The normalized spacial score (nSPS) is 10.8. The first-order chi connectivity index (χ1) is 15.7. The Morgan fingerprint density at radius 1 is 0.906 bits per heavy atom. The van der Waals surface area contributed by atoms with E-state index in [1.165, 1.54) is 5.56 Å². The average Bonchev–Trinajstić information content (AvgIpc) is 2.80. The van der Waals surface area contributed by atoms with Gasteiger partial charge < -0.3 is 9.47 Å². The Labute approximate surface area is 191 Å². The second-order valence-electron chi connectivity index (χ2n) is 7.69. The van der Waals surface area contributed by atoms with Crippen LogP contribution in [-0.4, -0.2) is 35.6 Å². The maximum atomic E-state index is 12.1. The van der Waals surface area contributed by atoms with Gasteiger partial charge in [0.05, 0.1) is 19.8 Å². The van der Waals surface area contributed by atoms with Crippen molar-refractivity contribution in [1.82, 2.24) is 9.88 Å². The quantitative estimate of drug-likeness (QED) is 0.384. The molecule has 0 spiro atoms. The van der Waals surface area contributed by atoms with Crippen LogP contribution in [0.15, 0.2) is 72.9 Å². The highest BCUT2D eigenvalue weighted by atomic mass is 16.5. The molecule has 32 heavy (non-hydrogen) atoms. The van der Waals surface area contributed by atoms with Crippen molar-refractivity contribution in [2.75, 3.05) is 19.8 Å². The fourth-order valence-electron chi connectivity index (χ4n) is 3.48. The second-order valence-corrected chi connectivity index (χ2v) is 7.69. The van der Waals surface area contributed by atoms with Crippen molar-refractivity contribution in [3.8, 4) is 5.75 Å². The number of carbonyl (C=O) groups excluding carboxylic acids is 1. The number of esters is 1. The third-order valence-corrected chi connectivity index (χ3v) is 5.13. The van der Waals surface area contributed by atoms with Crippen LogP contribution in [-0.2, 0) is 35.5 Å². The van der Waals surface area contributed by atoms with Crippen LogP contribution in [0.5, 0.6) is 5.75 Å². The second kappa shape index (κ2) is 12.6. The van der Waals surface area contributed by atoms with E-state index in [4.69, 9.17) is 9.47 Å². The molecular formula is C27H32N2O3. The molecular weight excluding hydrogens is 400 g/mol. The molecule has 3 aromatic rings. The van der Waals surface area contributed by atoms with Gasteiger partial charge in [0, 0.05) is 31.4 Å². The van der Waals surface area contributed by atoms with Crippen LogP contribution in [0.2, 0.25) is 0 Å². The molecule has 0 fully saturated rings. The fourth-order valence-corrected chi connectivity index (χ4v) is 3.48. The molecule has 5 heteroatoms. The van der Waals surface area contributed by atoms with Crippen LogP contribution in [0.25, 0.3) is 0 Å². The minimum absolute atomic E-state index is 0.211. The fraction of sp³-hybridized carbons (Fsp3) is 0.333. The molecule has 0 unspecified atom stereocenters. The Kier molecular flexibility index (Phi) is 9.26. The van der Waals surface area contributed by atoms with Gasteiger partial charge in [-0.1, -0.05) is 55.5 Å². The summed E-state index contributed by atoms with van der Waals surface area (Å²) < 4.78 is 11.1. The Balaban J connectivity index is 1.59. The van der Waals surface area contributed by atoms with Crippen LogP contribution in [0.3, 0.4) is 0 Å². The molecule has 0 aliphatic heterocycles. The number of pyridine rings is 1. The van der Waals surface area contributed by atoms with E-state index in [0.717, 1.165) is 35.4 Å². The van der Waals surface area contributed by atoms with E-state index < -0.39 is 0 Å². The van der Waals surface area contributed by atoms with E-state index in [1.807, 2.05) is 49.5 Å². The van der Waals surface area contributed by atoms with Crippen molar-refractivity contribution in [1.29, 1.82) is 0 Å². The third kappa shape index (κ3) is 7.82. The standard InChI is InChI=1S/C27H32N2O3/c1-3-22-13-14-25(28-18-22)15-16-32-26-12-8-11-24(17-26)20-29(21-27(30)31-4-2)19-23-9-6-5-7-10-23/h5-14,17-18H,3-4,15-16,19-21H2,1-2H3. The summed E-state index contributed by atoms with van der Waals surface area (Å²) >= 11 is 0. The lowest BCUT2D eigenvalue weighted by Gasteiger charge is -2.22. The zero-order valence-corrected chi connectivity index (χ0v) is 19.0. The summed E-state index contributed by atoms with van der Waals surface area (Å²) in [5, 5.41) is 0. The molecule has 1 aromatic heterocycles. The first-order valence-corrected chi connectivity index (χ1v) is 11.2. The number of hydrogen-bond donors (Lipinski definition) is 0. The Morgan fingerprint density at radius 2 is 1.69 bits per heavy atom. The molecule has 0 bridgehead atoms. The zero-order chi connectivity index (χ0) is 22.6. The molecule has 3 rings (SSSR count). The van der Waals surface area contributed by atoms with Gasteiger partial charge in [0.15, 0.2) is 0 Å². The summed E-state index contributed by atoms with van der Waals surface area (Å²) in [5.41, 5.74) is 4.52. The smallest absolute Gasteiger partial charge is 0.320 e. The van der Waals surface area contributed by atoms with E-state index in [1.54, 1.807) is 0 Å². The molecule has 0 amide bonds. The van der Waals surface area contributed by atoms with Gasteiger partial charge in [-0.3, -0.25) is 14.7 Å². The highest BCUT2D eigenvalue weighted by molar-refractivity contribution is 5.71. The van der Waals surface area contributed by atoms with Crippen LogP contribution >= 0.6 is 0 Å². The maximum absolute atomic E-state index is 12.1. The summed E-state index contributed by atoms with van der Waals surface area (Å²) in [6.07, 6.45) is 3.69. The lowest BCUT2D eigenvalue weighted by atomic mass is 10.1. The van der Waals surface area contributed by atoms with E-state index in [-0.39, 0.29) is 12.5 Å². The van der Waals surface area contributed by atoms with Gasteiger partial charge in [0.1, 0.15) is 5.75 Å². The lowest BCUT2D eigenvalue weighted by Crippen LogP contribution is -2.30. The topological polar surface area (TPSA) is 51.7 Å². The van der Waals surface area contributed by atoms with Gasteiger partial charge in [-0.15, -0.1) is 0 Å². The van der Waals surface area contributed by atoms with Gasteiger partial charge in [-0.05, 0) is 48.2 Å². The molecule has 1 heterocycles. The first-order valence-electron chi connectivity index (χ1n) is 11.2. The lowest BCUT2D eigenvalue weighted by molar-refractivity contribution is -0.144. The van der Waals surface area contributed by atoms with Crippen molar-refractivity contribution >= 4 is 5.97 Å². The summed E-state index contributed by atoms with van der Waals surface area (Å²) in [5.74, 6) is 0.612. The number of aryl methyl sites for hydroxylation is 1. The molecule has 0 N–H and O–H groups in total. The van der Waals surface area contributed by atoms with Crippen LogP contribution < -0.4 is 4.74 Å². The van der Waals surface area contributed by atoms with Gasteiger partial charge in [0.25, 0.3) is 0 Å². The monoisotopic (exact) mass is 432 g/mol. The van der Waals surface area contributed by atoms with Crippen molar-refractivity contribution in [2.24, 2.45) is 0 Å². The van der Waals surface area contributed by atoms with E-state index >= 15 is 0 Å². The molecule has 0 atom stereocenters. The Bertz CT molecular complexity index is 958. The summed E-state index contributed by atoms with van der Waals surface area (Å²) in [4.78, 5) is 18.7. The van der Waals surface area contributed by atoms with Gasteiger partial charge in [0.2, 0.25) is 0 Å². The molecule has 168 valence electrons. The summed E-state index contributed by atoms with van der Waals surface area (Å²) in [7, 11) is 0. The van der Waals surface area contributed by atoms with E-state index in [0.29, 0.717) is 26.3 Å². The minimum atomic E-state index is -0.211. The minimum Gasteiger partial charge on any atom is -0.493 e. The Morgan fingerprint density at radius 3 is 2.41 bits per heavy atom. The molecule has 0 saturated heterocycles. The summed E-state index contributed by atoms with van der Waals surface area (Å²) in [6, 6.07) is 22.4. The highest BCUT2D eigenvalue weighted by Gasteiger charge is 2.13. The van der Waals surface area contributed by atoms with Crippen molar-refractivity contribution in [2.45, 2.75) is 39.8 Å². The van der Waals surface area contributed by atoms with E-state index in [9.17, 15) is 4.79 Å². The first kappa shape index (κ1) is 23.5. The van der Waals surface area contributed by atoms with Crippen LogP contribution in [0, 0.1) is 0 Å². The summed E-state index contributed by atoms with van der Waals surface area (Å²) in [6.45, 7) is 6.45. The maximum Gasteiger partial charge on any atom is 0.320 e. The van der Waals surface area contributed by atoms with Gasteiger partial charge in [-0.25, -0.2) is 0 Å². The SMILES string of the molecule is CCOC(=O)CN(Cc1ccccc1)Cc1cccc(OCCc2ccc(CC)cn2)c1. The van der Waals surface area contributed by atoms with E-state index in [2.05, 4.69) is 47.1 Å². The molecule has 0 radical (unpaired) electrons. The van der Waals surface area contributed by atoms with Crippen molar-refractivity contribution < 1.29 is 14.3 Å². The molecule has 5 nitrogen and oxygen atoms in total. The van der Waals surface area contributed by atoms with Crippen molar-refractivity contribution in [3.63, 3.8) is 0 Å². The number of hydrogen-bond acceptors (Lipinski definition) is 5. The number of nitrogens with zero attached hydrogens (tertiary/aromatic N) is 2. The van der Waals surface area contributed by atoms with Crippen LogP contribution in [0.1, 0.15) is 36.2 Å². The molecule has 0 aliphatic carbocycles. The number of carbonyl (C=O) groups is 1. The third-order valence-electron chi connectivity index (χ3n) is 5.13. The largest absolute Gasteiger partial charge is 0.493 e. The van der Waals surface area contributed by atoms with Gasteiger partial charge >= 0.3 is 5.97 Å². The molecule has 2 aromatic carbocycles. The number of rotatable bonds is 12. The number of ether oxygens (including phenoxy) is 2. The average molecular weight is 433 g/mol. The predicted octanol–water partition coefficient (Wildman–Crippen LogP) is 4.83. The Hall–Kier alpha value is -3.18. The number of benzene rings is 2. The van der Waals surface area contributed by atoms with Crippen LogP contribution in [0.4, 0.5) is 0 Å². The van der Waals surface area contributed by atoms with Crippen molar-refractivity contribution in [3.05, 3.63) is 95.3 Å². The predicted molar refractivity (Wildman–Crippen MR) is 126 cm³/mol. The number of aromatic nitrogens is 1. The zero-order valence-electron chi connectivity index (χ0n) is 19.0. The molecule has 0 saturated carbocycles. The van der Waals surface area contributed by atoms with Gasteiger partial charge in [-0.2, -0.15) is 0 Å². The molecule has 0 aliphatic rings.